The quantitative estimate of drug-likeness (QED) is 0.397. The SMILES string of the molecule is O=C(Nc1nnc(SCc2ccc(F)cc2)s1)c1ccc(OC[C@H]2CCCO2)cc1. The highest BCUT2D eigenvalue weighted by Gasteiger charge is 2.16. The molecule has 1 aromatic heterocycles. The van der Waals surface area contributed by atoms with E-state index in [0.717, 1.165) is 29.4 Å². The smallest absolute Gasteiger partial charge is 0.257 e. The molecule has 0 aliphatic carbocycles. The highest BCUT2D eigenvalue weighted by Crippen LogP contribution is 2.28. The normalized spacial score (nSPS) is 15.8. The number of carbonyl (C=O) groups is 1. The number of amides is 1. The molecule has 1 atom stereocenters. The van der Waals surface area contributed by atoms with Crippen LogP contribution in [0.4, 0.5) is 9.52 Å². The third-order valence-electron chi connectivity index (χ3n) is 4.48. The number of aromatic nitrogens is 2. The molecule has 1 N–H and O–H groups in total. The minimum atomic E-state index is -0.257. The van der Waals surface area contributed by atoms with Crippen molar-refractivity contribution in [1.82, 2.24) is 10.2 Å². The summed E-state index contributed by atoms with van der Waals surface area (Å²) < 4.78 is 24.9. The molecular weight excluding hydrogens is 425 g/mol. The highest BCUT2D eigenvalue weighted by atomic mass is 32.2. The van der Waals surface area contributed by atoms with Crippen molar-refractivity contribution >= 4 is 34.1 Å². The van der Waals surface area contributed by atoms with E-state index in [4.69, 9.17) is 9.47 Å². The Kier molecular flexibility index (Phi) is 6.93. The fourth-order valence-corrected chi connectivity index (χ4v) is 4.58. The maximum Gasteiger partial charge on any atom is 0.257 e. The van der Waals surface area contributed by atoms with Crippen molar-refractivity contribution in [2.45, 2.75) is 29.0 Å². The van der Waals surface area contributed by atoms with Crippen LogP contribution in [0.3, 0.4) is 0 Å². The molecule has 1 saturated heterocycles. The van der Waals surface area contributed by atoms with E-state index in [2.05, 4.69) is 15.5 Å². The van der Waals surface area contributed by atoms with Gasteiger partial charge in [-0.25, -0.2) is 4.39 Å². The summed E-state index contributed by atoms with van der Waals surface area (Å²) in [7, 11) is 0. The van der Waals surface area contributed by atoms with Crippen LogP contribution in [0.1, 0.15) is 28.8 Å². The van der Waals surface area contributed by atoms with Gasteiger partial charge in [-0.15, -0.1) is 10.2 Å². The number of nitrogens with zero attached hydrogens (tertiary/aromatic N) is 2. The maximum absolute atomic E-state index is 13.0. The van der Waals surface area contributed by atoms with Crippen LogP contribution in [0.15, 0.2) is 52.9 Å². The first-order valence-corrected chi connectivity index (χ1v) is 11.3. The van der Waals surface area contributed by atoms with Crippen LogP contribution in [-0.4, -0.2) is 35.4 Å². The topological polar surface area (TPSA) is 73.3 Å². The molecule has 6 nitrogen and oxygen atoms in total. The Morgan fingerprint density at radius 3 is 2.73 bits per heavy atom. The van der Waals surface area contributed by atoms with E-state index in [-0.39, 0.29) is 17.8 Å². The summed E-state index contributed by atoms with van der Waals surface area (Å²) in [5.74, 6) is 0.840. The Labute approximate surface area is 181 Å². The van der Waals surface area contributed by atoms with Gasteiger partial charge < -0.3 is 9.47 Å². The van der Waals surface area contributed by atoms with Crippen molar-refractivity contribution in [3.8, 4) is 5.75 Å². The van der Waals surface area contributed by atoms with E-state index in [9.17, 15) is 9.18 Å². The van der Waals surface area contributed by atoms with Crippen LogP contribution in [0.25, 0.3) is 0 Å². The van der Waals surface area contributed by atoms with E-state index in [1.807, 2.05) is 0 Å². The largest absolute Gasteiger partial charge is 0.491 e. The molecule has 0 bridgehead atoms. The lowest BCUT2D eigenvalue weighted by Gasteiger charge is -2.11. The second-order valence-corrected chi connectivity index (χ2v) is 8.91. The molecule has 9 heteroatoms. The third-order valence-corrected chi connectivity index (χ3v) is 6.52. The summed E-state index contributed by atoms with van der Waals surface area (Å²) in [5.41, 5.74) is 1.50. The van der Waals surface area contributed by atoms with Crippen molar-refractivity contribution in [2.24, 2.45) is 0 Å². The highest BCUT2D eigenvalue weighted by molar-refractivity contribution is 8.00. The Morgan fingerprint density at radius 2 is 2.00 bits per heavy atom. The van der Waals surface area contributed by atoms with E-state index in [1.54, 1.807) is 36.4 Å². The third kappa shape index (κ3) is 5.78. The zero-order chi connectivity index (χ0) is 20.8. The fraction of sp³-hybridized carbons (Fsp3) is 0.286. The van der Waals surface area contributed by atoms with E-state index in [0.29, 0.717) is 28.8 Å². The standard InChI is InChI=1S/C21H20FN3O3S2/c22-16-7-3-14(4-8-16)13-29-21-25-24-20(30-21)23-19(26)15-5-9-17(10-6-15)28-12-18-2-1-11-27-18/h3-10,18H,1-2,11-13H2,(H,23,24,26)/t18-/m1/s1. The van der Waals surface area contributed by atoms with Crippen LogP contribution < -0.4 is 10.1 Å². The first-order valence-electron chi connectivity index (χ1n) is 9.52. The first kappa shape index (κ1) is 20.8. The van der Waals surface area contributed by atoms with Gasteiger partial charge in [-0.05, 0) is 54.8 Å². The van der Waals surface area contributed by atoms with Gasteiger partial charge in [0.15, 0.2) is 4.34 Å². The summed E-state index contributed by atoms with van der Waals surface area (Å²) in [6.07, 6.45) is 2.25. The lowest BCUT2D eigenvalue weighted by molar-refractivity contribution is 0.0679. The van der Waals surface area contributed by atoms with Gasteiger partial charge in [-0.3, -0.25) is 10.1 Å². The molecular formula is C21H20FN3O3S2. The molecule has 30 heavy (non-hydrogen) atoms. The van der Waals surface area contributed by atoms with Gasteiger partial charge >= 0.3 is 0 Å². The van der Waals surface area contributed by atoms with Crippen LogP contribution in [0, 0.1) is 5.82 Å². The number of hydrogen-bond donors (Lipinski definition) is 1. The molecule has 0 saturated carbocycles. The zero-order valence-corrected chi connectivity index (χ0v) is 17.7. The van der Waals surface area contributed by atoms with E-state index in [1.165, 1.54) is 35.2 Å². The number of halogens is 1. The van der Waals surface area contributed by atoms with Crippen molar-refractivity contribution < 1.29 is 18.7 Å². The summed E-state index contributed by atoms with van der Waals surface area (Å²) in [6.45, 7) is 1.32. The van der Waals surface area contributed by atoms with Crippen molar-refractivity contribution in [3.63, 3.8) is 0 Å². The van der Waals surface area contributed by atoms with Crippen LogP contribution >= 0.6 is 23.1 Å². The maximum atomic E-state index is 13.0. The summed E-state index contributed by atoms with van der Waals surface area (Å²) in [6, 6.07) is 13.3. The molecule has 2 aromatic carbocycles. The second kappa shape index (κ2) is 10.0. The second-order valence-electron chi connectivity index (χ2n) is 6.71. The number of hydrogen-bond acceptors (Lipinski definition) is 7. The Bertz CT molecular complexity index is 974. The molecule has 2 heterocycles. The molecule has 1 amide bonds. The molecule has 0 unspecified atom stereocenters. The van der Waals surface area contributed by atoms with Crippen molar-refractivity contribution in [1.29, 1.82) is 0 Å². The number of thioether (sulfide) groups is 1. The number of benzene rings is 2. The molecule has 1 fully saturated rings. The van der Waals surface area contributed by atoms with Crippen molar-refractivity contribution in [3.05, 3.63) is 65.5 Å². The molecule has 0 radical (unpaired) electrons. The number of rotatable bonds is 8. The van der Waals surface area contributed by atoms with E-state index < -0.39 is 0 Å². The number of ether oxygens (including phenoxy) is 2. The Hall–Kier alpha value is -2.49. The van der Waals surface area contributed by atoms with Crippen LogP contribution in [0.2, 0.25) is 0 Å². The predicted molar refractivity (Wildman–Crippen MR) is 115 cm³/mol. The van der Waals surface area contributed by atoms with Gasteiger partial charge in [-0.1, -0.05) is 35.2 Å². The molecule has 156 valence electrons. The molecule has 0 spiro atoms. The van der Waals surface area contributed by atoms with Crippen molar-refractivity contribution in [2.75, 3.05) is 18.5 Å². The minimum absolute atomic E-state index is 0.153. The van der Waals surface area contributed by atoms with Gasteiger partial charge in [0.25, 0.3) is 5.91 Å². The average Bonchev–Trinajstić information content (AvgIpc) is 3.44. The van der Waals surface area contributed by atoms with Gasteiger partial charge in [0.2, 0.25) is 5.13 Å². The summed E-state index contributed by atoms with van der Waals surface area (Å²) in [4.78, 5) is 12.4. The monoisotopic (exact) mass is 445 g/mol. The van der Waals surface area contributed by atoms with Gasteiger partial charge in [0.1, 0.15) is 18.2 Å². The number of nitrogens with one attached hydrogen (secondary N) is 1. The van der Waals surface area contributed by atoms with Crippen LogP contribution in [-0.2, 0) is 10.5 Å². The molecule has 3 aromatic rings. The fourth-order valence-electron chi connectivity index (χ4n) is 2.88. The number of carbonyl (C=O) groups excluding carboxylic acids is 1. The van der Waals surface area contributed by atoms with Gasteiger partial charge in [0, 0.05) is 17.9 Å². The van der Waals surface area contributed by atoms with E-state index >= 15 is 0 Å². The first-order chi connectivity index (χ1) is 14.7. The Morgan fingerprint density at radius 1 is 1.20 bits per heavy atom. The molecule has 1 aliphatic heterocycles. The molecule has 1 aliphatic rings. The summed E-state index contributed by atoms with van der Waals surface area (Å²) in [5, 5.41) is 11.3. The summed E-state index contributed by atoms with van der Waals surface area (Å²) >= 11 is 2.79. The lowest BCUT2D eigenvalue weighted by Crippen LogP contribution is -2.16. The zero-order valence-electron chi connectivity index (χ0n) is 16.0. The minimum Gasteiger partial charge on any atom is -0.491 e. The van der Waals surface area contributed by atoms with Crippen LogP contribution in [0.5, 0.6) is 5.75 Å². The molecule has 4 rings (SSSR count). The van der Waals surface area contributed by atoms with Gasteiger partial charge in [-0.2, -0.15) is 0 Å². The van der Waals surface area contributed by atoms with Gasteiger partial charge in [0.05, 0.1) is 6.10 Å². The lowest BCUT2D eigenvalue weighted by atomic mass is 10.2. The Balaban J connectivity index is 1.26. The number of anilines is 1. The average molecular weight is 446 g/mol. The predicted octanol–water partition coefficient (Wildman–Crippen LogP) is 4.78.